The van der Waals surface area contributed by atoms with Crippen LogP contribution in [0.4, 0.5) is 4.79 Å². The van der Waals surface area contributed by atoms with Crippen LogP contribution in [-0.2, 0) is 19.2 Å². The molecule has 3 fully saturated rings. The quantitative estimate of drug-likeness (QED) is 0.203. The summed E-state index contributed by atoms with van der Waals surface area (Å²) in [6.07, 6.45) is 8.98. The van der Waals surface area contributed by atoms with Gasteiger partial charge in [0.15, 0.2) is 5.43 Å². The van der Waals surface area contributed by atoms with Gasteiger partial charge < -0.3 is 31.2 Å². The Morgan fingerprint density at radius 1 is 0.981 bits per heavy atom. The van der Waals surface area contributed by atoms with Crippen molar-refractivity contribution in [3.05, 3.63) is 52.1 Å². The van der Waals surface area contributed by atoms with Crippen LogP contribution in [0.25, 0.3) is 21.6 Å². The predicted molar refractivity (Wildman–Crippen MR) is 207 cm³/mol. The fraction of sp³-hybridized carbons (Fsp3) is 0.564. The van der Waals surface area contributed by atoms with Crippen molar-refractivity contribution in [3.63, 3.8) is 0 Å². The molecular weight excluding hydrogens is 695 g/mol. The number of ketones is 1. The van der Waals surface area contributed by atoms with Crippen LogP contribution in [-0.4, -0.2) is 81.2 Å². The van der Waals surface area contributed by atoms with Crippen molar-refractivity contribution in [2.24, 2.45) is 11.3 Å². The first-order chi connectivity index (χ1) is 24.9. The molecule has 3 aliphatic rings. The molecule has 2 atom stereocenters. The molecule has 3 aromatic heterocycles. The van der Waals surface area contributed by atoms with Crippen molar-refractivity contribution >= 4 is 51.1 Å². The minimum atomic E-state index is -0.843. The second-order valence-electron chi connectivity index (χ2n) is 16.2. The first kappa shape index (κ1) is 41.2. The molecule has 14 heteroatoms. The number of rotatable bonds is 8. The van der Waals surface area contributed by atoms with Gasteiger partial charge in [-0.3, -0.25) is 29.0 Å². The number of aromatic nitrogens is 2. The van der Waals surface area contributed by atoms with Gasteiger partial charge in [-0.15, -0.1) is 11.3 Å². The largest absolute Gasteiger partial charge is 0.352 e. The van der Waals surface area contributed by atoms with Crippen LogP contribution in [0.3, 0.4) is 0 Å². The summed E-state index contributed by atoms with van der Waals surface area (Å²) in [5, 5.41) is 12.5. The standard InChI is InChI=1S/C22H37N5O5.C12H8N2OS.C5H10/c1-21(2,3)16(25-20(32)26-22(4,5)6)19(31)27-11-7-8-14(27)17(29)23-12-15(28)18(30)24-13-9-10-13;15-11-7-10(8-3-1-2-5-13-8)14-9-4-6-16-12(9)11;1-5-3-2-4-5/h13-14,16H,7-12H2,1-6H3,(H,23,29)(H,24,30)(H2,25,26,32);1-7H,(H,14,15);5H,2-4H2,1H3/t14?,16-;;/m1../s1. The first-order valence-corrected chi connectivity index (χ1v) is 19.3. The number of carbonyl (C=O) groups is 5. The Kier molecular flexibility index (Phi) is 13.9. The summed E-state index contributed by atoms with van der Waals surface area (Å²) in [6.45, 7) is 13.3. The van der Waals surface area contributed by atoms with E-state index in [0.717, 1.165) is 40.4 Å². The van der Waals surface area contributed by atoms with Gasteiger partial charge in [0.25, 0.3) is 5.91 Å². The summed E-state index contributed by atoms with van der Waals surface area (Å²) in [7, 11) is 0. The zero-order chi connectivity index (χ0) is 38.9. The van der Waals surface area contributed by atoms with Crippen molar-refractivity contribution in [1.82, 2.24) is 36.1 Å². The van der Waals surface area contributed by atoms with E-state index in [2.05, 4.69) is 38.2 Å². The minimum absolute atomic E-state index is 0.0457. The summed E-state index contributed by atoms with van der Waals surface area (Å²) in [4.78, 5) is 82.9. The van der Waals surface area contributed by atoms with Crippen molar-refractivity contribution in [1.29, 1.82) is 0 Å². The molecule has 53 heavy (non-hydrogen) atoms. The maximum Gasteiger partial charge on any atom is 0.315 e. The molecule has 0 radical (unpaired) electrons. The normalized spacial score (nSPS) is 17.6. The lowest BCUT2D eigenvalue weighted by atomic mass is 9.85. The Labute approximate surface area is 315 Å². The number of hydrogen-bond acceptors (Lipinski definition) is 8. The number of nitrogens with one attached hydrogen (secondary N) is 5. The second-order valence-corrected chi connectivity index (χ2v) is 17.1. The number of carbonyl (C=O) groups excluding carboxylic acids is 5. The highest BCUT2D eigenvalue weighted by molar-refractivity contribution is 7.17. The van der Waals surface area contributed by atoms with Gasteiger partial charge in [-0.1, -0.05) is 53.0 Å². The SMILES string of the molecule is CC(C)(C)NC(=O)N[C@H](C(=O)N1CCCC1C(=O)NCC(=O)C(=O)NC1CC1)C(C)(C)C.CC1CCC1.O=c1cc(-c2ccccn2)[nH]c2ccsc12. The molecule has 288 valence electrons. The predicted octanol–water partition coefficient (Wildman–Crippen LogP) is 4.91. The number of likely N-dealkylation sites (tertiary alicyclic amines) is 1. The van der Waals surface area contributed by atoms with Gasteiger partial charge in [0.1, 0.15) is 12.1 Å². The molecule has 0 aromatic carbocycles. The van der Waals surface area contributed by atoms with Gasteiger partial charge in [-0.2, -0.15) is 0 Å². The van der Waals surface area contributed by atoms with Crippen molar-refractivity contribution in [2.75, 3.05) is 13.1 Å². The average Bonchev–Trinajstić information content (AvgIpc) is 3.52. The van der Waals surface area contributed by atoms with Crippen molar-refractivity contribution in [3.8, 4) is 11.4 Å². The van der Waals surface area contributed by atoms with Gasteiger partial charge in [-0.05, 0) is 81.4 Å². The Morgan fingerprint density at radius 3 is 2.25 bits per heavy atom. The van der Waals surface area contributed by atoms with Crippen LogP contribution in [0.2, 0.25) is 0 Å². The fourth-order valence-corrected chi connectivity index (χ4v) is 6.49. The zero-order valence-electron chi connectivity index (χ0n) is 32.0. The molecule has 0 bridgehead atoms. The molecule has 0 spiro atoms. The van der Waals surface area contributed by atoms with Gasteiger partial charge in [0.2, 0.25) is 17.6 Å². The Balaban J connectivity index is 0.000000242. The molecule has 2 saturated carbocycles. The Bertz CT molecular complexity index is 1800. The molecule has 13 nitrogen and oxygen atoms in total. The summed E-state index contributed by atoms with van der Waals surface area (Å²) < 4.78 is 0.764. The number of Topliss-reactive ketones (excluding diaryl/α,β-unsaturated/α-hetero) is 1. The third kappa shape index (κ3) is 12.5. The van der Waals surface area contributed by atoms with Crippen molar-refractivity contribution < 1.29 is 24.0 Å². The number of urea groups is 1. The monoisotopic (exact) mass is 749 g/mol. The molecule has 2 aliphatic carbocycles. The van der Waals surface area contributed by atoms with E-state index in [1.54, 1.807) is 12.3 Å². The summed E-state index contributed by atoms with van der Waals surface area (Å²) in [6, 6.07) is 7.14. The van der Waals surface area contributed by atoms with Crippen molar-refractivity contribution in [2.45, 2.75) is 117 Å². The molecule has 1 saturated heterocycles. The van der Waals surface area contributed by atoms with Gasteiger partial charge >= 0.3 is 6.03 Å². The van der Waals surface area contributed by atoms with Crippen LogP contribution >= 0.6 is 11.3 Å². The first-order valence-electron chi connectivity index (χ1n) is 18.5. The van der Waals surface area contributed by atoms with E-state index < -0.39 is 53.2 Å². The van der Waals surface area contributed by atoms with Crippen LogP contribution in [0.5, 0.6) is 0 Å². The van der Waals surface area contributed by atoms with E-state index in [9.17, 15) is 28.8 Å². The summed E-state index contributed by atoms with van der Waals surface area (Å²) >= 11 is 1.45. The molecule has 5 N–H and O–H groups in total. The maximum absolute atomic E-state index is 13.4. The second kappa shape index (κ2) is 18.0. The number of hydrogen-bond donors (Lipinski definition) is 5. The van der Waals surface area contributed by atoms with Crippen LogP contribution in [0.1, 0.15) is 93.4 Å². The fourth-order valence-electron chi connectivity index (χ4n) is 5.73. The lowest BCUT2D eigenvalue weighted by molar-refractivity contribution is -0.142. The highest BCUT2D eigenvalue weighted by Gasteiger charge is 2.42. The van der Waals surface area contributed by atoms with E-state index in [0.29, 0.717) is 19.4 Å². The molecule has 1 unspecified atom stereocenters. The average molecular weight is 750 g/mol. The lowest BCUT2D eigenvalue weighted by Gasteiger charge is -2.36. The lowest BCUT2D eigenvalue weighted by Crippen LogP contribution is -2.60. The number of H-pyrrole nitrogens is 1. The third-order valence-electron chi connectivity index (χ3n) is 9.07. The number of pyridine rings is 2. The number of thiophene rings is 1. The number of nitrogens with zero attached hydrogens (tertiary/aromatic N) is 2. The minimum Gasteiger partial charge on any atom is -0.352 e. The third-order valence-corrected chi connectivity index (χ3v) is 10.0. The molecule has 6 rings (SSSR count). The molecule has 3 aromatic rings. The molecule has 5 amide bonds. The van der Waals surface area contributed by atoms with Gasteiger partial charge in [0.05, 0.1) is 28.1 Å². The van der Waals surface area contributed by atoms with E-state index in [1.807, 2.05) is 71.2 Å². The molecule has 1 aliphatic heterocycles. The van der Waals surface area contributed by atoms with E-state index >= 15 is 0 Å². The Hall–Kier alpha value is -4.59. The van der Waals surface area contributed by atoms with E-state index in [1.165, 1.54) is 35.5 Å². The van der Waals surface area contributed by atoms with E-state index in [4.69, 9.17) is 0 Å². The van der Waals surface area contributed by atoms with Crippen LogP contribution < -0.4 is 26.7 Å². The van der Waals surface area contributed by atoms with Gasteiger partial charge in [-0.25, -0.2) is 4.79 Å². The van der Waals surface area contributed by atoms with Crippen LogP contribution in [0, 0.1) is 11.3 Å². The molecule has 4 heterocycles. The summed E-state index contributed by atoms with van der Waals surface area (Å²) in [5.74, 6) is -1.18. The number of amides is 5. The highest BCUT2D eigenvalue weighted by atomic mass is 32.1. The van der Waals surface area contributed by atoms with Gasteiger partial charge in [0, 0.05) is 30.4 Å². The topological polar surface area (TPSA) is 182 Å². The highest BCUT2D eigenvalue weighted by Crippen LogP contribution is 2.26. The zero-order valence-corrected chi connectivity index (χ0v) is 32.8. The van der Waals surface area contributed by atoms with E-state index in [-0.39, 0.29) is 17.4 Å². The number of aromatic amines is 1. The Morgan fingerprint density at radius 2 is 1.68 bits per heavy atom. The number of fused-ring (bicyclic) bond motifs is 1. The summed E-state index contributed by atoms with van der Waals surface area (Å²) in [5.41, 5.74) is 1.41. The molecular formula is C39H55N7O6S. The van der Waals surface area contributed by atoms with Crippen LogP contribution in [0.15, 0.2) is 46.7 Å². The maximum atomic E-state index is 13.4. The smallest absolute Gasteiger partial charge is 0.315 e.